The molecule has 0 saturated carbocycles. The molecule has 3 rings (SSSR count). The molecule has 2 aliphatic rings. The SMILES string of the molecule is COc1ccc(C(=O)N2CCN(S(=O)(=O)CC3CCCCO3)CC2)cc1OC. The lowest BCUT2D eigenvalue weighted by Gasteiger charge is -2.35. The van der Waals surface area contributed by atoms with Gasteiger partial charge < -0.3 is 19.1 Å². The van der Waals surface area contributed by atoms with Gasteiger partial charge in [0.2, 0.25) is 10.0 Å². The van der Waals surface area contributed by atoms with Crippen LogP contribution in [0.5, 0.6) is 11.5 Å². The monoisotopic (exact) mass is 412 g/mol. The van der Waals surface area contributed by atoms with Crippen LogP contribution in [-0.4, -0.2) is 82.4 Å². The quantitative estimate of drug-likeness (QED) is 0.701. The molecule has 2 saturated heterocycles. The van der Waals surface area contributed by atoms with Crippen molar-refractivity contribution < 1.29 is 27.4 Å². The average Bonchev–Trinajstić information content (AvgIpc) is 2.73. The van der Waals surface area contributed by atoms with Gasteiger partial charge in [-0.1, -0.05) is 0 Å². The summed E-state index contributed by atoms with van der Waals surface area (Å²) < 4.78 is 42.8. The Morgan fingerprint density at radius 2 is 1.82 bits per heavy atom. The first-order chi connectivity index (χ1) is 13.4. The minimum Gasteiger partial charge on any atom is -0.493 e. The number of ether oxygens (including phenoxy) is 3. The number of rotatable bonds is 6. The molecular formula is C19H28N2O6S. The van der Waals surface area contributed by atoms with Gasteiger partial charge in [0.25, 0.3) is 5.91 Å². The van der Waals surface area contributed by atoms with E-state index in [1.807, 2.05) is 0 Å². The second kappa shape index (κ2) is 9.11. The summed E-state index contributed by atoms with van der Waals surface area (Å²) in [4.78, 5) is 14.5. The van der Waals surface area contributed by atoms with E-state index in [1.165, 1.54) is 18.5 Å². The Labute approximate surface area is 166 Å². The van der Waals surface area contributed by atoms with Crippen LogP contribution in [-0.2, 0) is 14.8 Å². The van der Waals surface area contributed by atoms with Crippen LogP contribution in [0.3, 0.4) is 0 Å². The first kappa shape index (κ1) is 20.9. The van der Waals surface area contributed by atoms with Crippen LogP contribution in [0.2, 0.25) is 0 Å². The Balaban J connectivity index is 1.59. The predicted octanol–water partition coefficient (Wildman–Crippen LogP) is 1.36. The molecule has 0 aromatic heterocycles. The highest BCUT2D eigenvalue weighted by Gasteiger charge is 2.32. The molecule has 2 fully saturated rings. The third-order valence-electron chi connectivity index (χ3n) is 5.22. The number of amides is 1. The van der Waals surface area contributed by atoms with Crippen LogP contribution >= 0.6 is 0 Å². The summed E-state index contributed by atoms with van der Waals surface area (Å²) in [5.74, 6) is 0.923. The van der Waals surface area contributed by atoms with Gasteiger partial charge in [-0.3, -0.25) is 4.79 Å². The molecule has 0 N–H and O–H groups in total. The average molecular weight is 413 g/mol. The maximum Gasteiger partial charge on any atom is 0.254 e. The molecule has 9 heteroatoms. The number of sulfonamides is 1. The number of methoxy groups -OCH3 is 2. The van der Waals surface area contributed by atoms with Crippen molar-refractivity contribution in [1.82, 2.24) is 9.21 Å². The molecule has 28 heavy (non-hydrogen) atoms. The van der Waals surface area contributed by atoms with E-state index in [4.69, 9.17) is 14.2 Å². The van der Waals surface area contributed by atoms with Gasteiger partial charge in [-0.2, -0.15) is 4.31 Å². The second-order valence-corrected chi connectivity index (χ2v) is 9.04. The van der Waals surface area contributed by atoms with Crippen molar-refractivity contribution >= 4 is 15.9 Å². The van der Waals surface area contributed by atoms with Gasteiger partial charge in [0.05, 0.1) is 26.1 Å². The van der Waals surface area contributed by atoms with Crippen molar-refractivity contribution in [2.45, 2.75) is 25.4 Å². The lowest BCUT2D eigenvalue weighted by atomic mass is 10.1. The van der Waals surface area contributed by atoms with Gasteiger partial charge >= 0.3 is 0 Å². The van der Waals surface area contributed by atoms with E-state index < -0.39 is 10.0 Å². The summed E-state index contributed by atoms with van der Waals surface area (Å²) in [6.07, 6.45) is 2.57. The van der Waals surface area contributed by atoms with Crippen molar-refractivity contribution in [1.29, 1.82) is 0 Å². The summed E-state index contributed by atoms with van der Waals surface area (Å²) in [6, 6.07) is 5.02. The summed E-state index contributed by atoms with van der Waals surface area (Å²) >= 11 is 0. The van der Waals surface area contributed by atoms with Gasteiger partial charge in [0.1, 0.15) is 0 Å². The fourth-order valence-corrected chi connectivity index (χ4v) is 5.26. The fourth-order valence-electron chi connectivity index (χ4n) is 3.60. The number of hydrogen-bond donors (Lipinski definition) is 0. The molecular weight excluding hydrogens is 384 g/mol. The zero-order chi connectivity index (χ0) is 20.1. The van der Waals surface area contributed by atoms with E-state index in [9.17, 15) is 13.2 Å². The number of hydrogen-bond acceptors (Lipinski definition) is 6. The zero-order valence-corrected chi connectivity index (χ0v) is 17.2. The molecule has 156 valence electrons. The van der Waals surface area contributed by atoms with E-state index in [0.717, 1.165) is 19.3 Å². The van der Waals surface area contributed by atoms with Crippen LogP contribution in [0.15, 0.2) is 18.2 Å². The number of benzene rings is 1. The van der Waals surface area contributed by atoms with Crippen LogP contribution < -0.4 is 9.47 Å². The first-order valence-electron chi connectivity index (χ1n) is 9.55. The molecule has 1 amide bonds. The third-order valence-corrected chi connectivity index (χ3v) is 7.17. The smallest absolute Gasteiger partial charge is 0.254 e. The van der Waals surface area contributed by atoms with E-state index in [-0.39, 0.29) is 17.8 Å². The summed E-state index contributed by atoms with van der Waals surface area (Å²) in [7, 11) is -0.324. The Morgan fingerprint density at radius 1 is 1.11 bits per heavy atom. The minimum absolute atomic E-state index is 0.0244. The van der Waals surface area contributed by atoms with Crippen molar-refractivity contribution in [2.75, 3.05) is 52.8 Å². The van der Waals surface area contributed by atoms with Gasteiger partial charge in [0.15, 0.2) is 11.5 Å². The maximum absolute atomic E-state index is 12.8. The Bertz CT molecular complexity index is 784. The van der Waals surface area contributed by atoms with Gasteiger partial charge in [0, 0.05) is 38.3 Å². The van der Waals surface area contributed by atoms with Crippen molar-refractivity contribution in [3.8, 4) is 11.5 Å². The van der Waals surface area contributed by atoms with E-state index in [2.05, 4.69) is 0 Å². The molecule has 1 unspecified atom stereocenters. The lowest BCUT2D eigenvalue weighted by molar-refractivity contribution is 0.0295. The highest BCUT2D eigenvalue weighted by Crippen LogP contribution is 2.28. The number of carbonyl (C=O) groups excluding carboxylic acids is 1. The molecule has 1 aromatic rings. The molecule has 1 atom stereocenters. The van der Waals surface area contributed by atoms with Gasteiger partial charge in [-0.25, -0.2) is 8.42 Å². The third kappa shape index (κ3) is 4.76. The number of carbonyl (C=O) groups is 1. The molecule has 0 bridgehead atoms. The lowest BCUT2D eigenvalue weighted by Crippen LogP contribution is -2.52. The molecule has 2 heterocycles. The first-order valence-corrected chi connectivity index (χ1v) is 11.2. The minimum atomic E-state index is -3.38. The highest BCUT2D eigenvalue weighted by molar-refractivity contribution is 7.89. The Kier molecular flexibility index (Phi) is 6.79. The highest BCUT2D eigenvalue weighted by atomic mass is 32.2. The number of nitrogens with zero attached hydrogens (tertiary/aromatic N) is 2. The summed E-state index contributed by atoms with van der Waals surface area (Å²) in [5.41, 5.74) is 0.490. The summed E-state index contributed by atoms with van der Waals surface area (Å²) in [6.45, 7) is 1.95. The molecule has 0 aliphatic carbocycles. The second-order valence-electron chi connectivity index (χ2n) is 7.03. The standard InChI is InChI=1S/C19H28N2O6S/c1-25-17-7-6-15(13-18(17)26-2)19(22)20-8-10-21(11-9-20)28(23,24)14-16-5-3-4-12-27-16/h6-7,13,16H,3-5,8-12,14H2,1-2H3. The van der Waals surface area contributed by atoms with Crippen LogP contribution in [0, 0.1) is 0 Å². The predicted molar refractivity (Wildman–Crippen MR) is 104 cm³/mol. The van der Waals surface area contributed by atoms with Crippen molar-refractivity contribution in [3.63, 3.8) is 0 Å². The molecule has 0 spiro atoms. The summed E-state index contributed by atoms with van der Waals surface area (Å²) in [5, 5.41) is 0. The van der Waals surface area contributed by atoms with Crippen LogP contribution in [0.25, 0.3) is 0 Å². The van der Waals surface area contributed by atoms with Crippen LogP contribution in [0.4, 0.5) is 0 Å². The topological polar surface area (TPSA) is 85.4 Å². The molecule has 0 radical (unpaired) electrons. The van der Waals surface area contributed by atoms with E-state index in [0.29, 0.717) is 49.8 Å². The maximum atomic E-state index is 12.8. The largest absolute Gasteiger partial charge is 0.493 e. The fraction of sp³-hybridized carbons (Fsp3) is 0.632. The van der Waals surface area contributed by atoms with E-state index in [1.54, 1.807) is 23.1 Å². The van der Waals surface area contributed by atoms with E-state index >= 15 is 0 Å². The van der Waals surface area contributed by atoms with Gasteiger partial charge in [-0.15, -0.1) is 0 Å². The normalized spacial score (nSPS) is 21.4. The van der Waals surface area contributed by atoms with Crippen LogP contribution in [0.1, 0.15) is 29.6 Å². The van der Waals surface area contributed by atoms with Gasteiger partial charge in [-0.05, 0) is 37.5 Å². The molecule has 1 aromatic carbocycles. The molecule has 2 aliphatic heterocycles. The van der Waals surface area contributed by atoms with Crippen molar-refractivity contribution in [2.24, 2.45) is 0 Å². The van der Waals surface area contributed by atoms with Crippen molar-refractivity contribution in [3.05, 3.63) is 23.8 Å². The number of piperazine rings is 1. The Hall–Kier alpha value is -1.84. The zero-order valence-electron chi connectivity index (χ0n) is 16.4. The molecule has 8 nitrogen and oxygen atoms in total. The Morgan fingerprint density at radius 3 is 2.43 bits per heavy atom.